The highest BCUT2D eigenvalue weighted by Crippen LogP contribution is 2.27. The monoisotopic (exact) mass is 368 g/mol. The maximum Gasteiger partial charge on any atom is 0.192 e. The summed E-state index contributed by atoms with van der Waals surface area (Å²) < 4.78 is 12.2. The Morgan fingerprint density at radius 1 is 1.17 bits per heavy atom. The summed E-state index contributed by atoms with van der Waals surface area (Å²) in [6, 6.07) is 10.1. The largest absolute Gasteiger partial charge is 0.412 e. The Labute approximate surface area is 152 Å². The van der Waals surface area contributed by atoms with Crippen molar-refractivity contribution >= 4 is 25.2 Å². The van der Waals surface area contributed by atoms with Crippen molar-refractivity contribution in [2.45, 2.75) is 77.3 Å². The summed E-state index contributed by atoms with van der Waals surface area (Å²) in [5, 5.41) is 0.168. The molecule has 1 aromatic carbocycles. The predicted octanol–water partition coefficient (Wildman–Crippen LogP) is 5.26. The first-order valence-electron chi connectivity index (χ1n) is 8.51. The van der Waals surface area contributed by atoms with Gasteiger partial charge in [-0.3, -0.25) is 4.79 Å². The standard InChI is InChI=1S/C19H32O3SSi/c1-15(21-14-16-11-9-8-10-12-16)17(22-24(5,6)7)13-18(20)23-19(2,3)4/h8-12,15,17H,13-14H2,1-7H3/t15-,17-/m0/s1. The molecule has 0 aliphatic heterocycles. The number of thioether (sulfide) groups is 1. The average Bonchev–Trinajstić information content (AvgIpc) is 2.41. The number of carbonyl (C=O) groups excluding carboxylic acids is 1. The molecule has 1 aromatic rings. The summed E-state index contributed by atoms with van der Waals surface area (Å²) in [4.78, 5) is 12.4. The lowest BCUT2D eigenvalue weighted by Crippen LogP contribution is -2.40. The molecule has 5 heteroatoms. The van der Waals surface area contributed by atoms with Crippen LogP contribution in [0.2, 0.25) is 19.6 Å². The van der Waals surface area contributed by atoms with Crippen LogP contribution in [0.5, 0.6) is 0 Å². The Hall–Kier alpha value is -0.623. The second kappa shape index (κ2) is 9.18. The van der Waals surface area contributed by atoms with E-state index in [1.165, 1.54) is 11.8 Å². The molecule has 0 bridgehead atoms. The molecule has 2 atom stereocenters. The Morgan fingerprint density at radius 2 is 1.75 bits per heavy atom. The maximum atomic E-state index is 12.4. The molecule has 136 valence electrons. The summed E-state index contributed by atoms with van der Waals surface area (Å²) in [5.41, 5.74) is 1.13. The van der Waals surface area contributed by atoms with E-state index in [0.717, 1.165) is 5.56 Å². The molecular formula is C19H32O3SSi. The second-order valence-electron chi connectivity index (χ2n) is 8.06. The molecule has 0 radical (unpaired) electrons. The van der Waals surface area contributed by atoms with Gasteiger partial charge in [0.1, 0.15) is 0 Å². The van der Waals surface area contributed by atoms with Crippen LogP contribution in [-0.2, 0) is 20.6 Å². The Balaban J connectivity index is 2.68. The van der Waals surface area contributed by atoms with Gasteiger partial charge in [0.25, 0.3) is 0 Å². The number of hydrogen-bond acceptors (Lipinski definition) is 4. The lowest BCUT2D eigenvalue weighted by molar-refractivity contribution is -0.115. The molecule has 3 nitrogen and oxygen atoms in total. The van der Waals surface area contributed by atoms with Crippen molar-refractivity contribution in [2.75, 3.05) is 0 Å². The van der Waals surface area contributed by atoms with Crippen LogP contribution in [0.1, 0.15) is 39.7 Å². The van der Waals surface area contributed by atoms with Crippen molar-refractivity contribution in [1.29, 1.82) is 0 Å². The van der Waals surface area contributed by atoms with Crippen molar-refractivity contribution < 1.29 is 14.0 Å². The third kappa shape index (κ3) is 9.62. The van der Waals surface area contributed by atoms with Gasteiger partial charge in [-0.2, -0.15) is 0 Å². The van der Waals surface area contributed by atoms with E-state index in [1.807, 2.05) is 37.3 Å². The van der Waals surface area contributed by atoms with Crippen LogP contribution in [0.15, 0.2) is 30.3 Å². The zero-order valence-electron chi connectivity index (χ0n) is 16.1. The lowest BCUT2D eigenvalue weighted by Gasteiger charge is -2.31. The molecular weight excluding hydrogens is 336 g/mol. The molecule has 0 saturated carbocycles. The molecule has 1 rings (SSSR count). The predicted molar refractivity (Wildman–Crippen MR) is 106 cm³/mol. The van der Waals surface area contributed by atoms with Crippen molar-refractivity contribution in [2.24, 2.45) is 0 Å². The number of rotatable bonds is 8. The van der Waals surface area contributed by atoms with Crippen LogP contribution < -0.4 is 0 Å². The number of carbonyl (C=O) groups is 1. The Kier molecular flexibility index (Phi) is 8.19. The molecule has 0 saturated heterocycles. The van der Waals surface area contributed by atoms with Crippen LogP contribution in [0.25, 0.3) is 0 Å². The molecule has 0 N–H and O–H groups in total. The van der Waals surface area contributed by atoms with Gasteiger partial charge < -0.3 is 9.16 Å². The van der Waals surface area contributed by atoms with Crippen LogP contribution in [0.4, 0.5) is 0 Å². The Morgan fingerprint density at radius 3 is 2.25 bits per heavy atom. The molecule has 0 amide bonds. The normalized spacial score (nSPS) is 15.1. The molecule has 0 aliphatic rings. The van der Waals surface area contributed by atoms with Crippen molar-refractivity contribution in [1.82, 2.24) is 0 Å². The van der Waals surface area contributed by atoms with Gasteiger partial charge in [0.05, 0.1) is 18.8 Å². The van der Waals surface area contributed by atoms with Crippen LogP contribution in [0, 0.1) is 0 Å². The highest BCUT2D eigenvalue weighted by Gasteiger charge is 2.29. The second-order valence-corrected chi connectivity index (χ2v) is 14.4. The van der Waals surface area contributed by atoms with E-state index >= 15 is 0 Å². The summed E-state index contributed by atoms with van der Waals surface area (Å²) in [6.07, 6.45) is 0.0755. The van der Waals surface area contributed by atoms with E-state index in [1.54, 1.807) is 0 Å². The summed E-state index contributed by atoms with van der Waals surface area (Å²) >= 11 is 1.38. The van der Waals surface area contributed by atoms with E-state index in [4.69, 9.17) is 9.16 Å². The molecule has 0 heterocycles. The third-order valence-corrected chi connectivity index (χ3v) is 5.19. The summed E-state index contributed by atoms with van der Waals surface area (Å²) in [5.74, 6) is 0. The van der Waals surface area contributed by atoms with Crippen molar-refractivity contribution in [3.8, 4) is 0 Å². The minimum Gasteiger partial charge on any atom is -0.412 e. The molecule has 24 heavy (non-hydrogen) atoms. The fourth-order valence-electron chi connectivity index (χ4n) is 2.21. The molecule has 0 unspecified atom stereocenters. The minimum atomic E-state index is -1.76. The van der Waals surface area contributed by atoms with Gasteiger partial charge in [-0.15, -0.1) is 0 Å². The first-order valence-corrected chi connectivity index (χ1v) is 12.7. The van der Waals surface area contributed by atoms with Crippen molar-refractivity contribution in [3.63, 3.8) is 0 Å². The average molecular weight is 369 g/mol. The lowest BCUT2D eigenvalue weighted by atomic mass is 10.1. The molecule has 0 aromatic heterocycles. The fraction of sp³-hybridized carbons (Fsp3) is 0.632. The highest BCUT2D eigenvalue weighted by atomic mass is 32.2. The fourth-order valence-corrected chi connectivity index (χ4v) is 4.33. The van der Waals surface area contributed by atoms with E-state index in [0.29, 0.717) is 13.0 Å². The molecule has 0 aliphatic carbocycles. The summed E-state index contributed by atoms with van der Waals surface area (Å²) in [6.45, 7) is 15.1. The van der Waals surface area contributed by atoms with Crippen molar-refractivity contribution in [3.05, 3.63) is 35.9 Å². The summed E-state index contributed by atoms with van der Waals surface area (Å²) in [7, 11) is -1.76. The SMILES string of the molecule is C[C@H](OCc1ccccc1)[C@H](CC(=O)SC(C)(C)C)O[Si](C)(C)C. The number of ether oxygens (including phenoxy) is 1. The van der Waals surface area contributed by atoms with E-state index in [9.17, 15) is 4.79 Å². The van der Waals surface area contributed by atoms with Crippen LogP contribution >= 0.6 is 11.8 Å². The smallest absolute Gasteiger partial charge is 0.192 e. The zero-order chi connectivity index (χ0) is 18.4. The van der Waals surface area contributed by atoms with E-state index < -0.39 is 8.32 Å². The number of hydrogen-bond donors (Lipinski definition) is 0. The third-order valence-electron chi connectivity index (χ3n) is 3.17. The van der Waals surface area contributed by atoms with E-state index in [-0.39, 0.29) is 22.1 Å². The van der Waals surface area contributed by atoms with Gasteiger partial charge in [0.2, 0.25) is 0 Å². The van der Waals surface area contributed by atoms with Gasteiger partial charge in [-0.05, 0) is 32.1 Å². The first kappa shape index (κ1) is 21.4. The topological polar surface area (TPSA) is 35.5 Å². The van der Waals surface area contributed by atoms with Crippen LogP contribution in [0.3, 0.4) is 0 Å². The molecule has 0 fully saturated rings. The van der Waals surface area contributed by atoms with Gasteiger partial charge in [0.15, 0.2) is 13.4 Å². The van der Waals surface area contributed by atoms with E-state index in [2.05, 4.69) is 40.4 Å². The maximum absolute atomic E-state index is 12.4. The quantitative estimate of drug-likeness (QED) is 0.586. The van der Waals surface area contributed by atoms with Gasteiger partial charge in [-0.1, -0.05) is 62.9 Å². The first-order chi connectivity index (χ1) is 11.0. The zero-order valence-corrected chi connectivity index (χ0v) is 17.9. The van der Waals surface area contributed by atoms with Gasteiger partial charge in [-0.25, -0.2) is 0 Å². The highest BCUT2D eigenvalue weighted by molar-refractivity contribution is 8.14. The Bertz CT molecular complexity index is 506. The van der Waals surface area contributed by atoms with Gasteiger partial charge >= 0.3 is 0 Å². The molecule has 0 spiro atoms. The van der Waals surface area contributed by atoms with Crippen LogP contribution in [-0.4, -0.2) is 30.4 Å². The van der Waals surface area contributed by atoms with Gasteiger partial charge in [0, 0.05) is 11.2 Å². The number of benzene rings is 1. The minimum absolute atomic E-state index is 0.0745.